The average molecular weight is 341 g/mol. The summed E-state index contributed by atoms with van der Waals surface area (Å²) in [6, 6.07) is 8.51. The summed E-state index contributed by atoms with van der Waals surface area (Å²) in [5, 5.41) is 0. The van der Waals surface area contributed by atoms with Gasteiger partial charge in [0.2, 0.25) is 0 Å². The van der Waals surface area contributed by atoms with E-state index in [1.165, 1.54) is 11.1 Å². The number of rotatable bonds is 3. The van der Waals surface area contributed by atoms with Crippen molar-refractivity contribution in [1.82, 2.24) is 14.7 Å². The standard InChI is InChI=1S/C20H27N3O2/c1-15-6-3-4-7-16(15)14-21-12-8-17(9-13-21)23-18(24)20(2)10-5-11-22(20)19(23)25/h3-4,6-7,17H,5,8-14H2,1-2H3. The molecule has 3 amide bonds. The van der Waals surface area contributed by atoms with E-state index in [0.717, 1.165) is 51.9 Å². The quantitative estimate of drug-likeness (QED) is 0.794. The average Bonchev–Trinajstić information content (AvgIpc) is 3.08. The number of likely N-dealkylation sites (tertiary alicyclic amines) is 1. The lowest BCUT2D eigenvalue weighted by atomic mass is 9.97. The molecule has 3 aliphatic rings. The first-order valence-electron chi connectivity index (χ1n) is 9.43. The van der Waals surface area contributed by atoms with E-state index in [4.69, 9.17) is 0 Å². The minimum atomic E-state index is -0.574. The molecule has 0 spiro atoms. The molecule has 0 aliphatic carbocycles. The third-order valence-corrected chi connectivity index (χ3v) is 6.34. The maximum Gasteiger partial charge on any atom is 0.327 e. The highest BCUT2D eigenvalue weighted by atomic mass is 16.2. The minimum absolute atomic E-state index is 0.0346. The summed E-state index contributed by atoms with van der Waals surface area (Å²) in [6.07, 6.45) is 3.51. The summed E-state index contributed by atoms with van der Waals surface area (Å²) in [5.74, 6) is 0.0346. The number of carbonyl (C=O) groups excluding carboxylic acids is 2. The van der Waals surface area contributed by atoms with Crippen LogP contribution in [0, 0.1) is 6.92 Å². The fourth-order valence-corrected chi connectivity index (χ4v) is 4.65. The van der Waals surface area contributed by atoms with E-state index >= 15 is 0 Å². The van der Waals surface area contributed by atoms with Crippen molar-refractivity contribution in [2.75, 3.05) is 19.6 Å². The van der Waals surface area contributed by atoms with Gasteiger partial charge in [-0.2, -0.15) is 0 Å². The number of fused-ring (bicyclic) bond motifs is 1. The number of urea groups is 1. The smallest absolute Gasteiger partial charge is 0.310 e. The molecule has 0 aromatic heterocycles. The first-order chi connectivity index (χ1) is 12.0. The molecule has 0 radical (unpaired) electrons. The Labute approximate surface area is 149 Å². The molecule has 0 saturated carbocycles. The third kappa shape index (κ3) is 2.65. The van der Waals surface area contributed by atoms with Crippen molar-refractivity contribution in [1.29, 1.82) is 0 Å². The van der Waals surface area contributed by atoms with E-state index in [2.05, 4.69) is 36.1 Å². The van der Waals surface area contributed by atoms with Gasteiger partial charge in [-0.3, -0.25) is 14.6 Å². The van der Waals surface area contributed by atoms with E-state index in [-0.39, 0.29) is 18.0 Å². The summed E-state index contributed by atoms with van der Waals surface area (Å²) in [6.45, 7) is 7.64. The number of hydrogen-bond donors (Lipinski definition) is 0. The van der Waals surface area contributed by atoms with Gasteiger partial charge in [-0.15, -0.1) is 0 Å². The van der Waals surface area contributed by atoms with E-state index in [9.17, 15) is 9.59 Å². The van der Waals surface area contributed by atoms with E-state index in [1.54, 1.807) is 9.80 Å². The fourth-order valence-electron chi connectivity index (χ4n) is 4.65. The van der Waals surface area contributed by atoms with Gasteiger partial charge in [-0.05, 0) is 50.7 Å². The van der Waals surface area contributed by atoms with Crippen molar-refractivity contribution in [3.8, 4) is 0 Å². The zero-order chi connectivity index (χ0) is 17.6. The van der Waals surface area contributed by atoms with Gasteiger partial charge in [0.05, 0.1) is 0 Å². The molecule has 0 bridgehead atoms. The number of benzene rings is 1. The van der Waals surface area contributed by atoms with Gasteiger partial charge in [0, 0.05) is 32.2 Å². The highest BCUT2D eigenvalue weighted by molar-refractivity contribution is 6.07. The van der Waals surface area contributed by atoms with Gasteiger partial charge in [0.25, 0.3) is 5.91 Å². The lowest BCUT2D eigenvalue weighted by Gasteiger charge is -2.36. The Balaban J connectivity index is 1.40. The van der Waals surface area contributed by atoms with Crippen LogP contribution in [0.25, 0.3) is 0 Å². The van der Waals surface area contributed by atoms with Crippen molar-refractivity contribution < 1.29 is 9.59 Å². The molecule has 5 heteroatoms. The molecule has 134 valence electrons. The highest BCUT2D eigenvalue weighted by Crippen LogP contribution is 2.39. The SMILES string of the molecule is Cc1ccccc1CN1CCC(N2C(=O)N3CCCC3(C)C2=O)CC1. The third-order valence-electron chi connectivity index (χ3n) is 6.34. The van der Waals surface area contributed by atoms with Gasteiger partial charge in [0.1, 0.15) is 5.54 Å². The molecule has 3 heterocycles. The van der Waals surface area contributed by atoms with Crippen LogP contribution in [-0.2, 0) is 11.3 Å². The number of aryl methyl sites for hydroxylation is 1. The van der Waals surface area contributed by atoms with Crippen LogP contribution in [0.2, 0.25) is 0 Å². The number of nitrogens with zero attached hydrogens (tertiary/aromatic N) is 3. The van der Waals surface area contributed by atoms with Crippen LogP contribution in [0.1, 0.15) is 43.7 Å². The summed E-state index contributed by atoms with van der Waals surface area (Å²) in [4.78, 5) is 31.4. The zero-order valence-electron chi connectivity index (χ0n) is 15.2. The molecule has 3 aliphatic heterocycles. The van der Waals surface area contributed by atoms with Crippen molar-refractivity contribution in [3.05, 3.63) is 35.4 Å². The molecule has 3 saturated heterocycles. The molecule has 25 heavy (non-hydrogen) atoms. The number of amides is 3. The van der Waals surface area contributed by atoms with Crippen LogP contribution in [0.5, 0.6) is 0 Å². The molecule has 1 atom stereocenters. The predicted octanol–water partition coefficient (Wildman–Crippen LogP) is 2.78. The molecule has 1 aromatic rings. The van der Waals surface area contributed by atoms with Gasteiger partial charge >= 0.3 is 6.03 Å². The largest absolute Gasteiger partial charge is 0.327 e. The first-order valence-corrected chi connectivity index (χ1v) is 9.43. The maximum absolute atomic E-state index is 12.9. The number of hydrogen-bond acceptors (Lipinski definition) is 3. The lowest BCUT2D eigenvalue weighted by Crippen LogP contribution is -2.48. The molecule has 1 unspecified atom stereocenters. The van der Waals surface area contributed by atoms with Crippen LogP contribution in [0.3, 0.4) is 0 Å². The second-order valence-electron chi connectivity index (χ2n) is 7.92. The normalized spacial score (nSPS) is 28.1. The predicted molar refractivity (Wildman–Crippen MR) is 96.1 cm³/mol. The molecular weight excluding hydrogens is 314 g/mol. The van der Waals surface area contributed by atoms with Crippen molar-refractivity contribution in [2.45, 2.75) is 57.7 Å². The van der Waals surface area contributed by atoms with Crippen molar-refractivity contribution >= 4 is 11.9 Å². The number of carbonyl (C=O) groups is 2. The molecule has 4 rings (SSSR count). The minimum Gasteiger partial charge on any atom is -0.310 e. The number of piperidine rings is 1. The van der Waals surface area contributed by atoms with Gasteiger partial charge in [-0.25, -0.2) is 4.79 Å². The summed E-state index contributed by atoms with van der Waals surface area (Å²) >= 11 is 0. The first kappa shape index (κ1) is 16.6. The van der Waals surface area contributed by atoms with Crippen molar-refractivity contribution in [3.63, 3.8) is 0 Å². The Kier molecular flexibility index (Phi) is 4.07. The van der Waals surface area contributed by atoms with E-state index < -0.39 is 5.54 Å². The Bertz CT molecular complexity index is 696. The maximum atomic E-state index is 12.9. The topological polar surface area (TPSA) is 43.9 Å². The van der Waals surface area contributed by atoms with Crippen LogP contribution >= 0.6 is 0 Å². The Morgan fingerprint density at radius 2 is 1.84 bits per heavy atom. The summed E-state index contributed by atoms with van der Waals surface area (Å²) < 4.78 is 0. The summed E-state index contributed by atoms with van der Waals surface area (Å²) in [5.41, 5.74) is 2.11. The highest BCUT2D eigenvalue weighted by Gasteiger charge is 2.57. The fraction of sp³-hybridized carbons (Fsp3) is 0.600. The van der Waals surface area contributed by atoms with Crippen LogP contribution < -0.4 is 0 Å². The van der Waals surface area contributed by atoms with Gasteiger partial charge in [-0.1, -0.05) is 24.3 Å². The molecule has 0 N–H and O–H groups in total. The Morgan fingerprint density at radius 1 is 1.12 bits per heavy atom. The second-order valence-corrected chi connectivity index (χ2v) is 7.92. The molecular formula is C20H27N3O2. The summed E-state index contributed by atoms with van der Waals surface area (Å²) in [7, 11) is 0. The molecule has 3 fully saturated rings. The molecule has 5 nitrogen and oxygen atoms in total. The monoisotopic (exact) mass is 341 g/mol. The Morgan fingerprint density at radius 3 is 2.52 bits per heavy atom. The zero-order valence-corrected chi connectivity index (χ0v) is 15.2. The number of imide groups is 1. The Hall–Kier alpha value is -1.88. The van der Waals surface area contributed by atoms with Crippen LogP contribution in [0.4, 0.5) is 4.79 Å². The lowest BCUT2D eigenvalue weighted by molar-refractivity contribution is -0.134. The van der Waals surface area contributed by atoms with Gasteiger partial charge in [0.15, 0.2) is 0 Å². The van der Waals surface area contributed by atoms with Crippen molar-refractivity contribution in [2.24, 2.45) is 0 Å². The van der Waals surface area contributed by atoms with Crippen LogP contribution in [-0.4, -0.2) is 57.9 Å². The van der Waals surface area contributed by atoms with E-state index in [1.807, 2.05) is 6.92 Å². The van der Waals surface area contributed by atoms with Crippen LogP contribution in [0.15, 0.2) is 24.3 Å². The van der Waals surface area contributed by atoms with Gasteiger partial charge < -0.3 is 4.90 Å². The second kappa shape index (κ2) is 6.13. The molecule has 1 aromatic carbocycles. The van der Waals surface area contributed by atoms with E-state index in [0.29, 0.717) is 0 Å².